The topological polar surface area (TPSA) is 46.3 Å². The minimum Gasteiger partial charge on any atom is -0.337 e. The number of halogens is 2. The van der Waals surface area contributed by atoms with Gasteiger partial charge in [-0.3, -0.25) is 4.79 Å². The number of carbonyl (C=O) groups excluding carboxylic acids is 1. The van der Waals surface area contributed by atoms with Gasteiger partial charge in [0.05, 0.1) is 5.56 Å². The molecule has 1 saturated heterocycles. The second-order valence-electron chi connectivity index (χ2n) is 6.21. The fourth-order valence-corrected chi connectivity index (χ4v) is 2.98. The largest absolute Gasteiger partial charge is 0.337 e. The van der Waals surface area contributed by atoms with Crippen molar-refractivity contribution in [3.8, 4) is 11.1 Å². The first-order chi connectivity index (χ1) is 11.0. The molecule has 24 heavy (non-hydrogen) atoms. The van der Waals surface area contributed by atoms with Gasteiger partial charge in [-0.25, -0.2) is 4.39 Å². The maximum atomic E-state index is 14.4. The summed E-state index contributed by atoms with van der Waals surface area (Å²) in [5, 5.41) is 0. The van der Waals surface area contributed by atoms with Crippen molar-refractivity contribution in [1.82, 2.24) is 4.90 Å². The third-order valence-corrected chi connectivity index (χ3v) is 4.33. The summed E-state index contributed by atoms with van der Waals surface area (Å²) in [7, 11) is 0. The summed E-state index contributed by atoms with van der Waals surface area (Å²) in [6, 6.07) is 12.7. The second-order valence-corrected chi connectivity index (χ2v) is 6.21. The molecular weight excluding hydrogens is 327 g/mol. The average molecular weight is 349 g/mol. The Morgan fingerprint density at radius 3 is 2.46 bits per heavy atom. The lowest BCUT2D eigenvalue weighted by Gasteiger charge is -2.30. The summed E-state index contributed by atoms with van der Waals surface area (Å²) < 4.78 is 14.4. The van der Waals surface area contributed by atoms with Crippen LogP contribution in [0.25, 0.3) is 11.1 Å². The van der Waals surface area contributed by atoms with Crippen LogP contribution in [0.3, 0.4) is 0 Å². The lowest BCUT2D eigenvalue weighted by molar-refractivity contribution is 0.0704. The Morgan fingerprint density at radius 1 is 1.17 bits per heavy atom. The molecule has 1 aliphatic heterocycles. The molecule has 3 rings (SSSR count). The number of rotatable bonds is 2. The Bertz CT molecular complexity index is 718. The Hall–Kier alpha value is -1.91. The van der Waals surface area contributed by atoms with Crippen LogP contribution in [-0.2, 0) is 0 Å². The van der Waals surface area contributed by atoms with E-state index in [0.717, 1.165) is 29.5 Å². The van der Waals surface area contributed by atoms with Gasteiger partial charge in [-0.05, 0) is 43.0 Å². The number of benzene rings is 2. The molecule has 0 spiro atoms. The van der Waals surface area contributed by atoms with E-state index in [-0.39, 0.29) is 29.9 Å². The van der Waals surface area contributed by atoms with Gasteiger partial charge in [0.15, 0.2) is 0 Å². The summed E-state index contributed by atoms with van der Waals surface area (Å²) >= 11 is 0. The van der Waals surface area contributed by atoms with E-state index < -0.39 is 5.82 Å². The molecule has 3 nitrogen and oxygen atoms in total. The van der Waals surface area contributed by atoms with Crippen molar-refractivity contribution in [2.45, 2.75) is 25.8 Å². The van der Waals surface area contributed by atoms with Gasteiger partial charge in [0, 0.05) is 19.1 Å². The quantitative estimate of drug-likeness (QED) is 0.897. The summed E-state index contributed by atoms with van der Waals surface area (Å²) in [6.45, 7) is 3.15. The fraction of sp³-hybridized carbons (Fsp3) is 0.316. The van der Waals surface area contributed by atoms with Gasteiger partial charge >= 0.3 is 0 Å². The fourth-order valence-electron chi connectivity index (χ4n) is 2.98. The average Bonchev–Trinajstić information content (AvgIpc) is 2.55. The maximum absolute atomic E-state index is 14.4. The SMILES string of the molecule is Cc1ccc(-c2ccc(C(=O)N3CCCC(N)C3)c(F)c2)cc1.Cl. The van der Waals surface area contributed by atoms with Crippen LogP contribution >= 0.6 is 12.4 Å². The summed E-state index contributed by atoms with van der Waals surface area (Å²) in [5.74, 6) is -0.750. The van der Waals surface area contributed by atoms with E-state index in [1.807, 2.05) is 31.2 Å². The number of carbonyl (C=O) groups is 1. The van der Waals surface area contributed by atoms with Crippen LogP contribution in [0.1, 0.15) is 28.8 Å². The van der Waals surface area contributed by atoms with Crippen molar-refractivity contribution in [3.63, 3.8) is 0 Å². The molecule has 0 saturated carbocycles. The van der Waals surface area contributed by atoms with Crippen molar-refractivity contribution in [3.05, 3.63) is 59.4 Å². The van der Waals surface area contributed by atoms with Crippen LogP contribution in [0.2, 0.25) is 0 Å². The second kappa shape index (κ2) is 7.77. The van der Waals surface area contributed by atoms with Crippen LogP contribution in [0.15, 0.2) is 42.5 Å². The van der Waals surface area contributed by atoms with E-state index in [1.54, 1.807) is 17.0 Å². The number of hydrogen-bond acceptors (Lipinski definition) is 2. The molecular formula is C19H22ClFN2O. The zero-order chi connectivity index (χ0) is 16.4. The highest BCUT2D eigenvalue weighted by Crippen LogP contribution is 2.23. The zero-order valence-corrected chi connectivity index (χ0v) is 14.5. The highest BCUT2D eigenvalue weighted by molar-refractivity contribution is 5.95. The highest BCUT2D eigenvalue weighted by Gasteiger charge is 2.24. The van der Waals surface area contributed by atoms with Gasteiger partial charge in [-0.1, -0.05) is 35.9 Å². The number of piperidine rings is 1. The number of nitrogens with zero attached hydrogens (tertiary/aromatic N) is 1. The predicted molar refractivity (Wildman–Crippen MR) is 96.9 cm³/mol. The minimum absolute atomic E-state index is 0. The molecule has 2 N–H and O–H groups in total. The van der Waals surface area contributed by atoms with E-state index in [4.69, 9.17) is 5.73 Å². The van der Waals surface area contributed by atoms with Gasteiger partial charge in [-0.2, -0.15) is 0 Å². The van der Waals surface area contributed by atoms with E-state index in [9.17, 15) is 9.18 Å². The first-order valence-corrected chi connectivity index (χ1v) is 7.96. The molecule has 1 heterocycles. The molecule has 2 aromatic carbocycles. The Kier molecular flexibility index (Phi) is 5.97. The Labute approximate surface area is 148 Å². The smallest absolute Gasteiger partial charge is 0.256 e. The molecule has 0 bridgehead atoms. The molecule has 0 radical (unpaired) electrons. The van der Waals surface area contributed by atoms with E-state index in [0.29, 0.717) is 13.1 Å². The van der Waals surface area contributed by atoms with Crippen LogP contribution in [0.5, 0.6) is 0 Å². The number of nitrogens with two attached hydrogens (primary N) is 1. The molecule has 1 atom stereocenters. The van der Waals surface area contributed by atoms with Crippen molar-refractivity contribution in [2.75, 3.05) is 13.1 Å². The van der Waals surface area contributed by atoms with Crippen LogP contribution in [0.4, 0.5) is 4.39 Å². The molecule has 1 fully saturated rings. The zero-order valence-electron chi connectivity index (χ0n) is 13.7. The van der Waals surface area contributed by atoms with E-state index in [2.05, 4.69) is 0 Å². The standard InChI is InChI=1S/C19H21FN2O.ClH/c1-13-4-6-14(7-5-13)15-8-9-17(18(20)11-15)19(23)22-10-2-3-16(21)12-22;/h4-9,11,16H,2-3,10,12,21H2,1H3;1H. The molecule has 0 aliphatic carbocycles. The lowest BCUT2D eigenvalue weighted by atomic mass is 10.0. The molecule has 1 unspecified atom stereocenters. The first-order valence-electron chi connectivity index (χ1n) is 7.96. The summed E-state index contributed by atoms with van der Waals surface area (Å²) in [5.41, 5.74) is 8.89. The number of amides is 1. The first kappa shape index (κ1) is 18.4. The minimum atomic E-state index is -0.479. The van der Waals surface area contributed by atoms with Crippen LogP contribution < -0.4 is 5.73 Å². The normalized spacial score (nSPS) is 17.3. The van der Waals surface area contributed by atoms with Crippen LogP contribution in [0, 0.1) is 12.7 Å². The van der Waals surface area contributed by atoms with Crippen LogP contribution in [-0.4, -0.2) is 29.9 Å². The third kappa shape index (κ3) is 3.94. The molecule has 5 heteroatoms. The van der Waals surface area contributed by atoms with E-state index in [1.165, 1.54) is 6.07 Å². The number of likely N-dealkylation sites (tertiary alicyclic amines) is 1. The summed E-state index contributed by atoms with van der Waals surface area (Å²) in [4.78, 5) is 14.1. The van der Waals surface area contributed by atoms with Gasteiger partial charge in [0.2, 0.25) is 0 Å². The monoisotopic (exact) mass is 348 g/mol. The van der Waals surface area contributed by atoms with Crippen molar-refractivity contribution in [1.29, 1.82) is 0 Å². The number of aryl methyl sites for hydroxylation is 1. The third-order valence-electron chi connectivity index (χ3n) is 4.33. The molecule has 0 aromatic heterocycles. The number of hydrogen-bond donors (Lipinski definition) is 1. The highest BCUT2D eigenvalue weighted by atomic mass is 35.5. The predicted octanol–water partition coefficient (Wildman–Crippen LogP) is 3.79. The van der Waals surface area contributed by atoms with Crippen molar-refractivity contribution >= 4 is 18.3 Å². The van der Waals surface area contributed by atoms with Crippen molar-refractivity contribution < 1.29 is 9.18 Å². The Balaban J connectivity index is 0.00000208. The molecule has 1 amide bonds. The lowest BCUT2D eigenvalue weighted by Crippen LogP contribution is -2.45. The molecule has 128 valence electrons. The van der Waals surface area contributed by atoms with Gasteiger partial charge in [0.1, 0.15) is 5.82 Å². The van der Waals surface area contributed by atoms with Gasteiger partial charge in [0.25, 0.3) is 5.91 Å². The molecule has 2 aromatic rings. The van der Waals surface area contributed by atoms with Gasteiger partial charge in [-0.15, -0.1) is 12.4 Å². The van der Waals surface area contributed by atoms with E-state index >= 15 is 0 Å². The van der Waals surface area contributed by atoms with Crippen molar-refractivity contribution in [2.24, 2.45) is 5.73 Å². The van der Waals surface area contributed by atoms with Gasteiger partial charge < -0.3 is 10.6 Å². The summed E-state index contributed by atoms with van der Waals surface area (Å²) in [6.07, 6.45) is 1.79. The Morgan fingerprint density at radius 2 is 1.83 bits per heavy atom. The maximum Gasteiger partial charge on any atom is 0.256 e. The molecule has 1 aliphatic rings.